The molecule has 1 aliphatic heterocycles. The number of alkyl halides is 3. The van der Waals surface area contributed by atoms with E-state index in [0.717, 1.165) is 15.6 Å². The van der Waals surface area contributed by atoms with Crippen molar-refractivity contribution in [1.82, 2.24) is 25.3 Å². The summed E-state index contributed by atoms with van der Waals surface area (Å²) in [6, 6.07) is 15.5. The van der Waals surface area contributed by atoms with E-state index in [0.29, 0.717) is 23.2 Å². The Labute approximate surface area is 198 Å². The largest absolute Gasteiger partial charge is 0.435 e. The summed E-state index contributed by atoms with van der Waals surface area (Å²) in [5, 5.41) is 8.89. The fourth-order valence-electron chi connectivity index (χ4n) is 3.92. The number of halogens is 3. The number of aromatic nitrogens is 2. The molecule has 4 amide bonds. The van der Waals surface area contributed by atoms with Crippen LogP contribution in [0, 0.1) is 0 Å². The highest BCUT2D eigenvalue weighted by atomic mass is 19.4. The first-order valence-corrected chi connectivity index (χ1v) is 10.8. The Morgan fingerprint density at radius 3 is 2.34 bits per heavy atom. The number of rotatable bonds is 7. The number of hydrogen-bond acceptors (Lipinski definition) is 4. The van der Waals surface area contributed by atoms with Crippen LogP contribution in [0.5, 0.6) is 0 Å². The van der Waals surface area contributed by atoms with Gasteiger partial charge in [-0.05, 0) is 35.7 Å². The summed E-state index contributed by atoms with van der Waals surface area (Å²) in [7, 11) is 0. The van der Waals surface area contributed by atoms with E-state index in [1.54, 1.807) is 61.5 Å². The minimum absolute atomic E-state index is 0.104. The SMILES string of the molecule is CCC1(c2ccccc2)NC(=O)N(CC(=O)NCc2ccc(-n3ccc(C(F)(F)F)n3)cc2)C1=O. The molecule has 0 aliphatic carbocycles. The van der Waals surface area contributed by atoms with Gasteiger partial charge < -0.3 is 10.6 Å². The molecule has 4 rings (SSSR count). The second kappa shape index (κ2) is 9.24. The number of hydrogen-bond donors (Lipinski definition) is 2. The van der Waals surface area contributed by atoms with Crippen LogP contribution in [-0.4, -0.2) is 39.1 Å². The number of nitrogens with zero attached hydrogens (tertiary/aromatic N) is 3. The highest BCUT2D eigenvalue weighted by Crippen LogP contribution is 2.32. The normalized spacial score (nSPS) is 18.0. The van der Waals surface area contributed by atoms with E-state index < -0.39 is 41.8 Å². The van der Waals surface area contributed by atoms with Crippen LogP contribution in [0.25, 0.3) is 5.69 Å². The Morgan fingerprint density at radius 2 is 1.74 bits per heavy atom. The zero-order chi connectivity index (χ0) is 25.2. The molecule has 3 aromatic rings. The minimum atomic E-state index is -4.53. The number of benzene rings is 2. The zero-order valence-corrected chi connectivity index (χ0v) is 18.7. The van der Waals surface area contributed by atoms with Crippen molar-refractivity contribution in [3.63, 3.8) is 0 Å². The molecule has 1 unspecified atom stereocenters. The van der Waals surface area contributed by atoms with Crippen LogP contribution in [0.3, 0.4) is 0 Å². The van der Waals surface area contributed by atoms with E-state index in [2.05, 4.69) is 15.7 Å². The molecule has 0 saturated carbocycles. The predicted octanol–water partition coefficient (Wildman–Crippen LogP) is 3.36. The molecule has 1 aliphatic rings. The van der Waals surface area contributed by atoms with Crippen molar-refractivity contribution in [2.45, 2.75) is 31.6 Å². The predicted molar refractivity (Wildman–Crippen MR) is 119 cm³/mol. The van der Waals surface area contributed by atoms with Crippen molar-refractivity contribution in [2.75, 3.05) is 6.54 Å². The molecule has 1 aromatic heterocycles. The fraction of sp³-hybridized carbons (Fsp3) is 0.250. The minimum Gasteiger partial charge on any atom is -0.350 e. The van der Waals surface area contributed by atoms with Gasteiger partial charge in [0.25, 0.3) is 5.91 Å². The maximum atomic E-state index is 13.1. The van der Waals surface area contributed by atoms with E-state index in [1.165, 1.54) is 6.20 Å². The third kappa shape index (κ3) is 4.75. The molecule has 2 N–H and O–H groups in total. The van der Waals surface area contributed by atoms with Crippen LogP contribution in [0.4, 0.5) is 18.0 Å². The van der Waals surface area contributed by atoms with E-state index in [-0.39, 0.29) is 6.54 Å². The Morgan fingerprint density at radius 1 is 1.06 bits per heavy atom. The summed E-state index contributed by atoms with van der Waals surface area (Å²) in [6.45, 7) is 1.45. The third-order valence-corrected chi connectivity index (χ3v) is 5.84. The average molecular weight is 485 g/mol. The van der Waals surface area contributed by atoms with Crippen LogP contribution in [0.2, 0.25) is 0 Å². The van der Waals surface area contributed by atoms with Crippen LogP contribution < -0.4 is 10.6 Å². The molecule has 0 bridgehead atoms. The van der Waals surface area contributed by atoms with Crippen molar-refractivity contribution < 1.29 is 27.6 Å². The maximum absolute atomic E-state index is 13.1. The Balaban J connectivity index is 1.36. The van der Waals surface area contributed by atoms with Gasteiger partial charge in [-0.1, -0.05) is 49.4 Å². The third-order valence-electron chi connectivity index (χ3n) is 5.84. The molecule has 1 saturated heterocycles. The van der Waals surface area contributed by atoms with Gasteiger partial charge in [0.05, 0.1) is 5.69 Å². The monoisotopic (exact) mass is 485 g/mol. The molecule has 2 heterocycles. The van der Waals surface area contributed by atoms with Crippen LogP contribution in [-0.2, 0) is 27.8 Å². The number of carbonyl (C=O) groups is 3. The number of carbonyl (C=O) groups excluding carboxylic acids is 3. The molecule has 0 radical (unpaired) electrons. The first-order valence-electron chi connectivity index (χ1n) is 10.8. The molecule has 1 atom stereocenters. The van der Waals surface area contributed by atoms with Crippen molar-refractivity contribution in [3.05, 3.63) is 83.7 Å². The maximum Gasteiger partial charge on any atom is 0.435 e. The summed E-state index contributed by atoms with van der Waals surface area (Å²) in [4.78, 5) is 39.0. The Kier molecular flexibility index (Phi) is 6.33. The number of nitrogens with one attached hydrogen (secondary N) is 2. The zero-order valence-electron chi connectivity index (χ0n) is 18.7. The van der Waals surface area contributed by atoms with Gasteiger partial charge in [0.2, 0.25) is 5.91 Å². The lowest BCUT2D eigenvalue weighted by atomic mass is 9.87. The van der Waals surface area contributed by atoms with E-state index in [1.807, 2.05) is 0 Å². The quantitative estimate of drug-likeness (QED) is 0.502. The second-order valence-electron chi connectivity index (χ2n) is 8.03. The van der Waals surface area contributed by atoms with E-state index >= 15 is 0 Å². The molecule has 2 aromatic carbocycles. The molecule has 11 heteroatoms. The molecular weight excluding hydrogens is 463 g/mol. The van der Waals surface area contributed by atoms with Crippen molar-refractivity contribution in [1.29, 1.82) is 0 Å². The second-order valence-corrected chi connectivity index (χ2v) is 8.03. The summed E-state index contributed by atoms with van der Waals surface area (Å²) >= 11 is 0. The first-order chi connectivity index (χ1) is 16.6. The van der Waals surface area contributed by atoms with Crippen molar-refractivity contribution in [3.8, 4) is 5.69 Å². The van der Waals surface area contributed by atoms with Gasteiger partial charge in [-0.15, -0.1) is 0 Å². The molecule has 35 heavy (non-hydrogen) atoms. The summed E-state index contributed by atoms with van der Waals surface area (Å²) in [5.41, 5.74) is -0.467. The first kappa shape index (κ1) is 24.0. The smallest absolute Gasteiger partial charge is 0.350 e. The van der Waals surface area contributed by atoms with Gasteiger partial charge in [0.15, 0.2) is 5.69 Å². The Bertz CT molecular complexity index is 1240. The topological polar surface area (TPSA) is 96.3 Å². The molecule has 182 valence electrons. The van der Waals surface area contributed by atoms with Gasteiger partial charge in [-0.2, -0.15) is 18.3 Å². The standard InChI is InChI=1S/C24H22F3N5O3/c1-2-23(17-6-4-3-5-7-17)21(34)31(22(35)29-23)15-20(33)28-14-16-8-10-18(11-9-16)32-13-12-19(30-32)24(25,26)27/h3-13H,2,14-15H2,1H3,(H,28,33)(H,29,35). The van der Waals surface area contributed by atoms with Crippen molar-refractivity contribution >= 4 is 17.8 Å². The number of amides is 4. The van der Waals surface area contributed by atoms with E-state index in [9.17, 15) is 27.6 Å². The van der Waals surface area contributed by atoms with Gasteiger partial charge in [0, 0.05) is 12.7 Å². The molecular formula is C24H22F3N5O3. The molecule has 0 spiro atoms. The number of imide groups is 1. The Hall–Kier alpha value is -4.15. The average Bonchev–Trinajstić information content (AvgIpc) is 3.44. The van der Waals surface area contributed by atoms with Crippen LogP contribution in [0.15, 0.2) is 66.9 Å². The van der Waals surface area contributed by atoms with Gasteiger partial charge in [0.1, 0.15) is 12.1 Å². The summed E-state index contributed by atoms with van der Waals surface area (Å²) < 4.78 is 39.3. The van der Waals surface area contributed by atoms with Crippen LogP contribution >= 0.6 is 0 Å². The van der Waals surface area contributed by atoms with Gasteiger partial charge in [-0.3, -0.25) is 14.5 Å². The highest BCUT2D eigenvalue weighted by Gasteiger charge is 2.51. The molecule has 1 fully saturated rings. The lowest BCUT2D eigenvalue weighted by molar-refractivity contribution is -0.141. The number of urea groups is 1. The lowest BCUT2D eigenvalue weighted by Gasteiger charge is -2.25. The van der Waals surface area contributed by atoms with Gasteiger partial charge >= 0.3 is 12.2 Å². The fourth-order valence-corrected chi connectivity index (χ4v) is 3.92. The van der Waals surface area contributed by atoms with Crippen molar-refractivity contribution in [2.24, 2.45) is 0 Å². The van der Waals surface area contributed by atoms with Crippen LogP contribution in [0.1, 0.15) is 30.2 Å². The molecule has 8 nitrogen and oxygen atoms in total. The summed E-state index contributed by atoms with van der Waals surface area (Å²) in [5.74, 6) is -1.02. The summed E-state index contributed by atoms with van der Waals surface area (Å²) in [6.07, 6.45) is -2.99. The van der Waals surface area contributed by atoms with E-state index in [4.69, 9.17) is 0 Å². The highest BCUT2D eigenvalue weighted by molar-refractivity contribution is 6.09. The lowest BCUT2D eigenvalue weighted by Crippen LogP contribution is -2.44. The van der Waals surface area contributed by atoms with Gasteiger partial charge in [-0.25, -0.2) is 9.48 Å².